The van der Waals surface area contributed by atoms with E-state index < -0.39 is 5.97 Å². The zero-order chi connectivity index (χ0) is 11.1. The van der Waals surface area contributed by atoms with Gasteiger partial charge in [0.1, 0.15) is 0 Å². The third-order valence-electron chi connectivity index (χ3n) is 3.25. The molecular weight excluding hydrogens is 192 g/mol. The van der Waals surface area contributed by atoms with Gasteiger partial charge in [-0.25, -0.2) is 0 Å². The maximum absolute atomic E-state index is 10.7. The van der Waals surface area contributed by atoms with E-state index in [0.29, 0.717) is 18.3 Å². The molecule has 15 heavy (non-hydrogen) atoms. The quantitative estimate of drug-likeness (QED) is 0.691. The molecule has 0 spiro atoms. The van der Waals surface area contributed by atoms with E-state index in [1.807, 2.05) is 0 Å². The summed E-state index contributed by atoms with van der Waals surface area (Å²) in [7, 11) is 0. The zero-order valence-corrected chi connectivity index (χ0v) is 9.58. The van der Waals surface area contributed by atoms with Gasteiger partial charge in [0.2, 0.25) is 0 Å². The predicted molar refractivity (Wildman–Crippen MR) is 58.8 cm³/mol. The van der Waals surface area contributed by atoms with Gasteiger partial charge in [0, 0.05) is 19.6 Å². The van der Waals surface area contributed by atoms with Gasteiger partial charge in [0.15, 0.2) is 0 Å². The lowest BCUT2D eigenvalue weighted by atomic mass is 9.82. The van der Waals surface area contributed by atoms with Gasteiger partial charge in [-0.3, -0.25) is 4.79 Å². The minimum atomic E-state index is -0.664. The van der Waals surface area contributed by atoms with Crippen LogP contribution in [0.1, 0.15) is 45.4 Å². The van der Waals surface area contributed by atoms with Crippen LogP contribution in [0.5, 0.6) is 0 Å². The maximum Gasteiger partial charge on any atom is 0.303 e. The maximum atomic E-state index is 10.7. The highest BCUT2D eigenvalue weighted by Gasteiger charge is 2.26. The van der Waals surface area contributed by atoms with Crippen molar-refractivity contribution >= 4 is 5.97 Å². The van der Waals surface area contributed by atoms with E-state index in [9.17, 15) is 4.79 Å². The lowest BCUT2D eigenvalue weighted by molar-refractivity contribution is -0.139. The number of hydrogen-bond donors (Lipinski definition) is 1. The normalized spacial score (nSPS) is 26.5. The highest BCUT2D eigenvalue weighted by atomic mass is 16.5. The number of carboxylic acid groups (broad SMARTS) is 1. The SMILES string of the molecule is CCCCCC1COCCC1CC(=O)O. The van der Waals surface area contributed by atoms with Crippen molar-refractivity contribution < 1.29 is 14.6 Å². The van der Waals surface area contributed by atoms with Gasteiger partial charge < -0.3 is 9.84 Å². The van der Waals surface area contributed by atoms with E-state index >= 15 is 0 Å². The highest BCUT2D eigenvalue weighted by Crippen LogP contribution is 2.29. The monoisotopic (exact) mass is 214 g/mol. The molecule has 2 unspecified atom stereocenters. The van der Waals surface area contributed by atoms with E-state index in [1.165, 1.54) is 19.3 Å². The van der Waals surface area contributed by atoms with Crippen LogP contribution in [0, 0.1) is 11.8 Å². The van der Waals surface area contributed by atoms with E-state index in [2.05, 4.69) is 6.92 Å². The fraction of sp³-hybridized carbons (Fsp3) is 0.917. The standard InChI is InChI=1S/C12H22O3/c1-2-3-4-5-11-9-15-7-6-10(11)8-12(13)14/h10-11H,2-9H2,1H3,(H,13,14). The summed E-state index contributed by atoms with van der Waals surface area (Å²) in [4.78, 5) is 10.7. The highest BCUT2D eigenvalue weighted by molar-refractivity contribution is 5.67. The molecule has 1 N–H and O–H groups in total. The Balaban J connectivity index is 2.32. The van der Waals surface area contributed by atoms with Crippen molar-refractivity contribution in [2.75, 3.05) is 13.2 Å². The molecule has 1 aliphatic rings. The van der Waals surface area contributed by atoms with Crippen LogP contribution in [0.25, 0.3) is 0 Å². The van der Waals surface area contributed by atoms with Crippen LogP contribution in [0.3, 0.4) is 0 Å². The van der Waals surface area contributed by atoms with Gasteiger partial charge >= 0.3 is 5.97 Å². The van der Waals surface area contributed by atoms with Gasteiger partial charge in [-0.05, 0) is 24.7 Å². The Morgan fingerprint density at radius 3 is 2.87 bits per heavy atom. The number of ether oxygens (including phenoxy) is 1. The second kappa shape index (κ2) is 6.83. The number of carbonyl (C=O) groups is 1. The zero-order valence-electron chi connectivity index (χ0n) is 9.58. The van der Waals surface area contributed by atoms with Gasteiger partial charge in [-0.1, -0.05) is 26.2 Å². The molecule has 2 atom stereocenters. The lowest BCUT2D eigenvalue weighted by Gasteiger charge is -2.30. The Hall–Kier alpha value is -0.570. The first-order valence-corrected chi connectivity index (χ1v) is 6.03. The molecule has 3 nitrogen and oxygen atoms in total. The molecule has 0 aliphatic carbocycles. The Bertz CT molecular complexity index is 191. The summed E-state index contributed by atoms with van der Waals surface area (Å²) in [6, 6.07) is 0. The second-order valence-corrected chi connectivity index (χ2v) is 4.48. The third-order valence-corrected chi connectivity index (χ3v) is 3.25. The van der Waals surface area contributed by atoms with Crippen molar-refractivity contribution in [1.29, 1.82) is 0 Å². The fourth-order valence-corrected chi connectivity index (χ4v) is 2.31. The van der Waals surface area contributed by atoms with Gasteiger partial charge in [0.05, 0.1) is 0 Å². The summed E-state index contributed by atoms with van der Waals surface area (Å²) in [6.07, 6.45) is 6.04. The van der Waals surface area contributed by atoms with Crippen LogP contribution in [-0.2, 0) is 9.53 Å². The Labute approximate surface area is 91.8 Å². The summed E-state index contributed by atoms with van der Waals surface area (Å²) in [5, 5.41) is 8.81. The van der Waals surface area contributed by atoms with Gasteiger partial charge in [-0.2, -0.15) is 0 Å². The van der Waals surface area contributed by atoms with Crippen LogP contribution >= 0.6 is 0 Å². The van der Waals surface area contributed by atoms with Crippen LogP contribution < -0.4 is 0 Å². The van der Waals surface area contributed by atoms with Crippen molar-refractivity contribution in [2.45, 2.75) is 45.4 Å². The van der Waals surface area contributed by atoms with E-state index in [-0.39, 0.29) is 0 Å². The summed E-state index contributed by atoms with van der Waals surface area (Å²) in [6.45, 7) is 3.69. The molecule has 0 aromatic heterocycles. The number of carboxylic acids is 1. The molecule has 1 rings (SSSR count). The molecule has 0 saturated carbocycles. The number of rotatable bonds is 6. The van der Waals surface area contributed by atoms with Crippen molar-refractivity contribution in [3.05, 3.63) is 0 Å². The minimum Gasteiger partial charge on any atom is -0.481 e. The summed E-state index contributed by atoms with van der Waals surface area (Å²) >= 11 is 0. The smallest absolute Gasteiger partial charge is 0.303 e. The largest absolute Gasteiger partial charge is 0.481 e. The Morgan fingerprint density at radius 2 is 2.20 bits per heavy atom. The Kier molecular flexibility index (Phi) is 5.69. The molecule has 0 bridgehead atoms. The lowest BCUT2D eigenvalue weighted by Crippen LogP contribution is -2.29. The minimum absolute atomic E-state index is 0.320. The summed E-state index contributed by atoms with van der Waals surface area (Å²) < 4.78 is 5.43. The van der Waals surface area contributed by atoms with Crippen LogP contribution in [0.2, 0.25) is 0 Å². The van der Waals surface area contributed by atoms with E-state index in [4.69, 9.17) is 9.84 Å². The predicted octanol–water partition coefficient (Wildman–Crippen LogP) is 2.69. The first kappa shape index (κ1) is 12.5. The van der Waals surface area contributed by atoms with Crippen LogP contribution in [0.4, 0.5) is 0 Å². The topological polar surface area (TPSA) is 46.5 Å². The average molecular weight is 214 g/mol. The molecule has 88 valence electrons. The van der Waals surface area contributed by atoms with Crippen molar-refractivity contribution in [3.8, 4) is 0 Å². The molecule has 0 aromatic rings. The van der Waals surface area contributed by atoms with E-state index in [1.54, 1.807) is 0 Å². The Morgan fingerprint density at radius 1 is 1.40 bits per heavy atom. The molecule has 1 saturated heterocycles. The molecule has 0 amide bonds. The number of hydrogen-bond acceptors (Lipinski definition) is 2. The average Bonchev–Trinajstić information content (AvgIpc) is 2.20. The fourth-order valence-electron chi connectivity index (χ4n) is 2.31. The third kappa shape index (κ3) is 4.65. The molecular formula is C12H22O3. The van der Waals surface area contributed by atoms with Gasteiger partial charge in [-0.15, -0.1) is 0 Å². The van der Waals surface area contributed by atoms with Crippen molar-refractivity contribution in [3.63, 3.8) is 0 Å². The number of unbranched alkanes of at least 4 members (excludes halogenated alkanes) is 2. The molecule has 0 aromatic carbocycles. The van der Waals surface area contributed by atoms with Gasteiger partial charge in [0.25, 0.3) is 0 Å². The molecule has 1 aliphatic heterocycles. The second-order valence-electron chi connectivity index (χ2n) is 4.48. The molecule has 1 heterocycles. The molecule has 0 radical (unpaired) electrons. The summed E-state index contributed by atoms with van der Waals surface area (Å²) in [5.74, 6) is 0.150. The molecule has 3 heteroatoms. The van der Waals surface area contributed by atoms with Crippen molar-refractivity contribution in [2.24, 2.45) is 11.8 Å². The summed E-state index contributed by atoms with van der Waals surface area (Å²) in [5.41, 5.74) is 0. The number of aliphatic carboxylic acids is 1. The first-order chi connectivity index (χ1) is 7.24. The van der Waals surface area contributed by atoms with E-state index in [0.717, 1.165) is 26.1 Å². The van der Waals surface area contributed by atoms with Crippen LogP contribution in [0.15, 0.2) is 0 Å². The first-order valence-electron chi connectivity index (χ1n) is 6.03. The van der Waals surface area contributed by atoms with Crippen molar-refractivity contribution in [1.82, 2.24) is 0 Å². The van der Waals surface area contributed by atoms with Crippen LogP contribution in [-0.4, -0.2) is 24.3 Å². The molecule has 1 fully saturated rings.